The van der Waals surface area contributed by atoms with Crippen molar-refractivity contribution in [3.63, 3.8) is 0 Å². The van der Waals surface area contributed by atoms with Gasteiger partial charge in [0, 0.05) is 6.20 Å². The van der Waals surface area contributed by atoms with Gasteiger partial charge in [0.15, 0.2) is 5.69 Å². The zero-order chi connectivity index (χ0) is 11.9. The minimum atomic E-state index is -1.20. The molecule has 0 saturated carbocycles. The fraction of sp³-hybridized carbons (Fsp3) is 0. The summed E-state index contributed by atoms with van der Waals surface area (Å²) in [5.74, 6) is -2.38. The van der Waals surface area contributed by atoms with Crippen LogP contribution < -0.4 is 0 Å². The number of hydrogen-bond donors (Lipinski definition) is 2. The van der Waals surface area contributed by atoms with E-state index < -0.39 is 11.9 Å². The number of pyridine rings is 1. The molecule has 0 aliphatic heterocycles. The van der Waals surface area contributed by atoms with E-state index in [1.165, 1.54) is 22.7 Å². The maximum Gasteiger partial charge on any atom is 0.356 e. The average Bonchev–Trinajstić information content (AvgIpc) is 2.62. The number of aromatic nitrogens is 2. The second kappa shape index (κ2) is 3.49. The van der Waals surface area contributed by atoms with Crippen LogP contribution in [0.5, 0.6) is 0 Å². The molecular formula is C9H5ClN2O4. The van der Waals surface area contributed by atoms with Crippen LogP contribution >= 0.6 is 11.6 Å². The van der Waals surface area contributed by atoms with Gasteiger partial charge in [-0.2, -0.15) is 0 Å². The van der Waals surface area contributed by atoms with Crippen LogP contribution in [0.25, 0.3) is 5.65 Å². The molecule has 0 fully saturated rings. The fourth-order valence-electron chi connectivity index (χ4n) is 1.29. The molecule has 0 bridgehead atoms. The highest BCUT2D eigenvalue weighted by Gasteiger charge is 2.15. The van der Waals surface area contributed by atoms with Gasteiger partial charge < -0.3 is 10.2 Å². The van der Waals surface area contributed by atoms with Crippen molar-refractivity contribution in [2.45, 2.75) is 0 Å². The summed E-state index contributed by atoms with van der Waals surface area (Å²) in [6, 6.07) is 2.67. The summed E-state index contributed by atoms with van der Waals surface area (Å²) in [7, 11) is 0. The fourth-order valence-corrected chi connectivity index (χ4v) is 1.57. The van der Waals surface area contributed by atoms with Crippen LogP contribution in [0.3, 0.4) is 0 Å². The summed E-state index contributed by atoms with van der Waals surface area (Å²) in [6.45, 7) is 0. The predicted molar refractivity (Wildman–Crippen MR) is 54.1 cm³/mol. The van der Waals surface area contributed by atoms with E-state index in [0.717, 1.165) is 0 Å². The van der Waals surface area contributed by atoms with Gasteiger partial charge in [-0.3, -0.25) is 4.40 Å². The molecule has 2 aromatic heterocycles. The molecule has 2 aromatic rings. The van der Waals surface area contributed by atoms with Gasteiger partial charge in [0.1, 0.15) is 10.8 Å². The smallest absolute Gasteiger partial charge is 0.356 e. The van der Waals surface area contributed by atoms with Gasteiger partial charge in [-0.25, -0.2) is 14.6 Å². The summed E-state index contributed by atoms with van der Waals surface area (Å²) >= 11 is 5.80. The number of rotatable bonds is 2. The molecule has 0 aromatic carbocycles. The van der Waals surface area contributed by atoms with Gasteiger partial charge in [0.2, 0.25) is 0 Å². The highest BCUT2D eigenvalue weighted by atomic mass is 35.5. The molecule has 2 rings (SSSR count). The Morgan fingerprint density at radius 1 is 1.25 bits per heavy atom. The van der Waals surface area contributed by atoms with E-state index in [2.05, 4.69) is 4.98 Å². The van der Waals surface area contributed by atoms with Crippen LogP contribution in [0, 0.1) is 0 Å². The average molecular weight is 241 g/mol. The molecule has 0 aliphatic carbocycles. The van der Waals surface area contributed by atoms with Crippen LogP contribution in [0.4, 0.5) is 0 Å². The first-order valence-corrected chi connectivity index (χ1v) is 4.52. The van der Waals surface area contributed by atoms with Gasteiger partial charge in [0.25, 0.3) is 0 Å². The molecule has 0 atom stereocenters. The SMILES string of the molecule is O=C(O)c1cn2c(Cl)c(C(=O)O)ccc2n1. The molecule has 2 heterocycles. The third kappa shape index (κ3) is 1.49. The molecule has 0 unspecified atom stereocenters. The lowest BCUT2D eigenvalue weighted by molar-refractivity contribution is 0.0683. The number of nitrogens with zero attached hydrogens (tertiary/aromatic N) is 2. The van der Waals surface area contributed by atoms with Crippen molar-refractivity contribution in [2.24, 2.45) is 0 Å². The van der Waals surface area contributed by atoms with Crippen molar-refractivity contribution in [3.05, 3.63) is 34.7 Å². The third-order valence-corrected chi connectivity index (χ3v) is 2.40. The lowest BCUT2D eigenvalue weighted by Gasteiger charge is -2.00. The standard InChI is InChI=1S/C9H5ClN2O4/c10-7-4(8(13)14)1-2-6-11-5(9(15)16)3-12(6)7/h1-3H,(H,13,14)(H,15,16). The van der Waals surface area contributed by atoms with E-state index in [4.69, 9.17) is 21.8 Å². The van der Waals surface area contributed by atoms with Crippen LogP contribution in [-0.2, 0) is 0 Å². The highest BCUT2D eigenvalue weighted by Crippen LogP contribution is 2.19. The summed E-state index contributed by atoms with van der Waals surface area (Å²) in [4.78, 5) is 25.2. The molecule has 82 valence electrons. The second-order valence-electron chi connectivity index (χ2n) is 3.00. The number of halogens is 1. The lowest BCUT2D eigenvalue weighted by atomic mass is 10.3. The third-order valence-electron chi connectivity index (χ3n) is 2.02. The molecule has 0 aliphatic rings. The maximum absolute atomic E-state index is 10.8. The van der Waals surface area contributed by atoms with E-state index in [9.17, 15) is 9.59 Å². The van der Waals surface area contributed by atoms with E-state index in [0.29, 0.717) is 0 Å². The lowest BCUT2D eigenvalue weighted by Crippen LogP contribution is -2.00. The summed E-state index contributed by atoms with van der Waals surface area (Å²) < 4.78 is 1.22. The Kier molecular flexibility index (Phi) is 2.28. The monoisotopic (exact) mass is 240 g/mol. The van der Waals surface area contributed by atoms with Gasteiger partial charge in [-0.05, 0) is 12.1 Å². The molecular weight excluding hydrogens is 236 g/mol. The number of carbonyl (C=O) groups is 2. The Labute approximate surface area is 93.7 Å². The normalized spacial score (nSPS) is 10.6. The second-order valence-corrected chi connectivity index (χ2v) is 3.36. The van der Waals surface area contributed by atoms with Gasteiger partial charge in [-0.1, -0.05) is 11.6 Å². The maximum atomic E-state index is 10.8. The first-order valence-electron chi connectivity index (χ1n) is 4.15. The molecule has 6 nitrogen and oxygen atoms in total. The van der Waals surface area contributed by atoms with E-state index in [-0.39, 0.29) is 22.1 Å². The number of fused-ring (bicyclic) bond motifs is 1. The minimum absolute atomic E-state index is 0.0787. The number of hydrogen-bond acceptors (Lipinski definition) is 3. The Hall–Kier alpha value is -2.08. The van der Waals surface area contributed by atoms with Crippen molar-refractivity contribution in [1.82, 2.24) is 9.38 Å². The predicted octanol–water partition coefficient (Wildman–Crippen LogP) is 1.38. The molecule has 0 radical (unpaired) electrons. The molecule has 16 heavy (non-hydrogen) atoms. The summed E-state index contributed by atoms with van der Waals surface area (Å²) in [5.41, 5.74) is -0.0136. The van der Waals surface area contributed by atoms with Gasteiger partial charge in [-0.15, -0.1) is 0 Å². The Bertz CT molecular complexity index is 605. The summed E-state index contributed by atoms with van der Waals surface area (Å²) in [5, 5.41) is 17.4. The molecule has 0 spiro atoms. The van der Waals surface area contributed by atoms with E-state index in [1.54, 1.807) is 0 Å². The van der Waals surface area contributed by atoms with Crippen molar-refractivity contribution in [3.8, 4) is 0 Å². The first-order chi connectivity index (χ1) is 7.50. The van der Waals surface area contributed by atoms with Crippen molar-refractivity contribution in [1.29, 1.82) is 0 Å². The topological polar surface area (TPSA) is 91.9 Å². The quantitative estimate of drug-likeness (QED) is 0.774. The number of carboxylic acids is 2. The number of aromatic carboxylic acids is 2. The number of carboxylic acid groups (broad SMARTS) is 2. The van der Waals surface area contributed by atoms with Crippen LogP contribution in [0.15, 0.2) is 18.3 Å². The molecule has 0 amide bonds. The Morgan fingerprint density at radius 2 is 1.94 bits per heavy atom. The Morgan fingerprint density at radius 3 is 2.50 bits per heavy atom. The minimum Gasteiger partial charge on any atom is -0.478 e. The highest BCUT2D eigenvalue weighted by molar-refractivity contribution is 6.32. The first kappa shape index (κ1) is 10.4. The largest absolute Gasteiger partial charge is 0.478 e. The summed E-state index contributed by atoms with van der Waals surface area (Å²) in [6.07, 6.45) is 1.17. The number of imidazole rings is 1. The van der Waals surface area contributed by atoms with Crippen LogP contribution in [-0.4, -0.2) is 31.5 Å². The zero-order valence-electron chi connectivity index (χ0n) is 7.72. The van der Waals surface area contributed by atoms with E-state index in [1.807, 2.05) is 0 Å². The van der Waals surface area contributed by atoms with Crippen molar-refractivity contribution < 1.29 is 19.8 Å². The van der Waals surface area contributed by atoms with Gasteiger partial charge in [0.05, 0.1) is 5.56 Å². The van der Waals surface area contributed by atoms with E-state index >= 15 is 0 Å². The molecule has 2 N–H and O–H groups in total. The van der Waals surface area contributed by atoms with Gasteiger partial charge >= 0.3 is 11.9 Å². The molecule has 7 heteroatoms. The molecule has 0 saturated heterocycles. The van der Waals surface area contributed by atoms with Crippen LogP contribution in [0.2, 0.25) is 5.15 Å². The zero-order valence-corrected chi connectivity index (χ0v) is 8.47. The Balaban J connectivity index is 2.74. The van der Waals surface area contributed by atoms with Crippen molar-refractivity contribution in [2.75, 3.05) is 0 Å². The van der Waals surface area contributed by atoms with Crippen molar-refractivity contribution >= 4 is 29.2 Å². The van der Waals surface area contributed by atoms with Crippen LogP contribution in [0.1, 0.15) is 20.8 Å².